The molecule has 2 N–H and O–H groups in total. The van der Waals surface area contributed by atoms with Crippen molar-refractivity contribution in [3.63, 3.8) is 0 Å². The minimum Gasteiger partial charge on any atom is -0.465 e. The van der Waals surface area contributed by atoms with Gasteiger partial charge in [-0.25, -0.2) is 9.18 Å². The fraction of sp³-hybridized carbons (Fsp3) is 0.800. The number of carbonyl (C=O) groups excluding carboxylic acids is 1. The first-order valence-electron chi connectivity index (χ1n) is 5.62. The largest absolute Gasteiger partial charge is 0.465 e. The van der Waals surface area contributed by atoms with Gasteiger partial charge in [0.05, 0.1) is 0 Å². The van der Waals surface area contributed by atoms with Gasteiger partial charge in [-0.15, -0.1) is 0 Å². The molecular formula is C10H15FN2O4. The minimum atomic E-state index is -2.73. The summed E-state index contributed by atoms with van der Waals surface area (Å²) in [5, 5.41) is 17.9. The number of hydrogen-bond acceptors (Lipinski definition) is 3. The summed E-state index contributed by atoms with van der Waals surface area (Å²) in [5.41, 5.74) is 0. The zero-order valence-corrected chi connectivity index (χ0v) is 9.30. The van der Waals surface area contributed by atoms with Gasteiger partial charge in [0.1, 0.15) is 0 Å². The van der Waals surface area contributed by atoms with E-state index in [1.54, 1.807) is 0 Å². The van der Waals surface area contributed by atoms with E-state index in [9.17, 15) is 14.0 Å². The standard InChI is InChI=1S/C10H15FN2O4/c11-10(17)3-6-13(8(10)14)7-1-4-12(5-2-7)9(15)16/h7,17H,1-6H2,(H,15,16)/t10-/m0/s1. The second-order valence-corrected chi connectivity index (χ2v) is 4.51. The average molecular weight is 246 g/mol. The minimum absolute atomic E-state index is 0.164. The Morgan fingerprint density at radius 2 is 1.94 bits per heavy atom. The second-order valence-electron chi connectivity index (χ2n) is 4.51. The number of rotatable bonds is 1. The smallest absolute Gasteiger partial charge is 0.407 e. The lowest BCUT2D eigenvalue weighted by atomic mass is 10.0. The van der Waals surface area contributed by atoms with Gasteiger partial charge >= 0.3 is 6.09 Å². The van der Waals surface area contributed by atoms with Crippen molar-refractivity contribution < 1.29 is 24.2 Å². The molecular weight excluding hydrogens is 231 g/mol. The fourth-order valence-corrected chi connectivity index (χ4v) is 2.41. The van der Waals surface area contributed by atoms with Crippen LogP contribution in [-0.2, 0) is 4.79 Å². The SMILES string of the molecule is O=C(O)N1CCC(N2CC[C@@](O)(F)C2=O)CC1. The topological polar surface area (TPSA) is 81.1 Å². The van der Waals surface area contributed by atoms with Crippen LogP contribution in [0.15, 0.2) is 0 Å². The van der Waals surface area contributed by atoms with E-state index < -0.39 is 17.9 Å². The number of halogens is 1. The number of hydrogen-bond donors (Lipinski definition) is 2. The zero-order valence-electron chi connectivity index (χ0n) is 9.30. The highest BCUT2D eigenvalue weighted by Crippen LogP contribution is 2.29. The van der Waals surface area contributed by atoms with E-state index in [4.69, 9.17) is 10.2 Å². The summed E-state index contributed by atoms with van der Waals surface area (Å²) >= 11 is 0. The van der Waals surface area contributed by atoms with Gasteiger partial charge in [-0.1, -0.05) is 0 Å². The number of amides is 2. The summed E-state index contributed by atoms with van der Waals surface area (Å²) in [6.07, 6.45) is -0.189. The van der Waals surface area contributed by atoms with Gasteiger partial charge in [0, 0.05) is 32.1 Å². The first-order valence-corrected chi connectivity index (χ1v) is 5.62. The molecule has 96 valence electrons. The molecule has 2 heterocycles. The van der Waals surface area contributed by atoms with Gasteiger partial charge in [0.2, 0.25) is 0 Å². The molecule has 0 aromatic rings. The van der Waals surface area contributed by atoms with E-state index in [1.165, 1.54) is 9.80 Å². The van der Waals surface area contributed by atoms with Crippen molar-refractivity contribution >= 4 is 12.0 Å². The molecule has 0 radical (unpaired) electrons. The number of carboxylic acid groups (broad SMARTS) is 1. The maximum absolute atomic E-state index is 13.3. The summed E-state index contributed by atoms with van der Waals surface area (Å²) in [6, 6.07) is -0.164. The molecule has 2 saturated heterocycles. The third kappa shape index (κ3) is 2.19. The lowest BCUT2D eigenvalue weighted by Crippen LogP contribution is -2.48. The van der Waals surface area contributed by atoms with Crippen LogP contribution in [0.1, 0.15) is 19.3 Å². The molecule has 0 bridgehead atoms. The van der Waals surface area contributed by atoms with Crippen LogP contribution in [0.5, 0.6) is 0 Å². The summed E-state index contributed by atoms with van der Waals surface area (Å²) in [4.78, 5) is 24.8. The number of likely N-dealkylation sites (tertiary alicyclic amines) is 2. The molecule has 2 aliphatic heterocycles. The van der Waals surface area contributed by atoms with Crippen molar-refractivity contribution in [2.24, 2.45) is 0 Å². The first-order chi connectivity index (χ1) is 7.92. The maximum atomic E-state index is 13.3. The highest BCUT2D eigenvalue weighted by molar-refractivity contribution is 5.85. The van der Waals surface area contributed by atoms with Crippen LogP contribution in [0.3, 0.4) is 0 Å². The first kappa shape index (κ1) is 12.1. The lowest BCUT2D eigenvalue weighted by molar-refractivity contribution is -0.162. The van der Waals surface area contributed by atoms with Crippen molar-refractivity contribution in [2.75, 3.05) is 19.6 Å². The molecule has 0 spiro atoms. The van der Waals surface area contributed by atoms with Crippen molar-refractivity contribution in [1.29, 1.82) is 0 Å². The Labute approximate surface area is 97.6 Å². The number of alkyl halides is 1. The Balaban J connectivity index is 1.94. The fourth-order valence-electron chi connectivity index (χ4n) is 2.41. The van der Waals surface area contributed by atoms with Crippen molar-refractivity contribution in [3.05, 3.63) is 0 Å². The number of carbonyl (C=O) groups is 2. The van der Waals surface area contributed by atoms with Gasteiger partial charge in [-0.2, -0.15) is 0 Å². The quantitative estimate of drug-likeness (QED) is 0.683. The molecule has 6 nitrogen and oxygen atoms in total. The Bertz CT molecular complexity index is 339. The van der Waals surface area contributed by atoms with E-state index in [-0.39, 0.29) is 19.0 Å². The number of aliphatic hydroxyl groups is 1. The third-order valence-corrected chi connectivity index (χ3v) is 3.45. The van der Waals surface area contributed by atoms with Crippen molar-refractivity contribution in [2.45, 2.75) is 31.2 Å². The molecule has 2 amide bonds. The molecule has 0 saturated carbocycles. The summed E-state index contributed by atoms with van der Waals surface area (Å²) in [7, 11) is 0. The van der Waals surface area contributed by atoms with Crippen molar-refractivity contribution in [3.8, 4) is 0 Å². The molecule has 7 heteroatoms. The van der Waals surface area contributed by atoms with E-state index in [0.717, 1.165) is 0 Å². The van der Waals surface area contributed by atoms with E-state index in [1.807, 2.05) is 0 Å². The molecule has 0 unspecified atom stereocenters. The van der Waals surface area contributed by atoms with Crippen LogP contribution in [0, 0.1) is 0 Å². The van der Waals surface area contributed by atoms with Gasteiger partial charge in [0.25, 0.3) is 11.8 Å². The second kappa shape index (κ2) is 4.14. The maximum Gasteiger partial charge on any atom is 0.407 e. The Kier molecular flexibility index (Phi) is 2.94. The lowest BCUT2D eigenvalue weighted by Gasteiger charge is -2.35. The van der Waals surface area contributed by atoms with Crippen LogP contribution >= 0.6 is 0 Å². The average Bonchev–Trinajstić information content (AvgIpc) is 2.55. The normalized spacial score (nSPS) is 31.1. The van der Waals surface area contributed by atoms with Gasteiger partial charge in [-0.05, 0) is 12.8 Å². The molecule has 0 aliphatic carbocycles. The Morgan fingerprint density at radius 3 is 2.35 bits per heavy atom. The number of nitrogens with zero attached hydrogens (tertiary/aromatic N) is 2. The van der Waals surface area contributed by atoms with E-state index in [0.29, 0.717) is 25.9 Å². The molecule has 0 aromatic carbocycles. The summed E-state index contributed by atoms with van der Waals surface area (Å²) in [6.45, 7) is 0.882. The Morgan fingerprint density at radius 1 is 1.35 bits per heavy atom. The molecule has 2 rings (SSSR count). The Hall–Kier alpha value is -1.37. The predicted molar refractivity (Wildman–Crippen MR) is 55.0 cm³/mol. The highest BCUT2D eigenvalue weighted by Gasteiger charge is 2.48. The predicted octanol–water partition coefficient (Wildman–Crippen LogP) is 0.0192. The zero-order chi connectivity index (χ0) is 12.6. The molecule has 1 atom stereocenters. The van der Waals surface area contributed by atoms with Gasteiger partial charge in [0.15, 0.2) is 0 Å². The van der Waals surface area contributed by atoms with Gasteiger partial charge < -0.3 is 20.0 Å². The third-order valence-electron chi connectivity index (χ3n) is 3.45. The van der Waals surface area contributed by atoms with Crippen LogP contribution in [-0.4, -0.2) is 63.5 Å². The summed E-state index contributed by atoms with van der Waals surface area (Å²) < 4.78 is 13.3. The molecule has 17 heavy (non-hydrogen) atoms. The van der Waals surface area contributed by atoms with E-state index in [2.05, 4.69) is 0 Å². The highest BCUT2D eigenvalue weighted by atomic mass is 19.2. The van der Waals surface area contributed by atoms with Crippen LogP contribution in [0.4, 0.5) is 9.18 Å². The van der Waals surface area contributed by atoms with Crippen LogP contribution in [0.25, 0.3) is 0 Å². The van der Waals surface area contributed by atoms with Crippen molar-refractivity contribution in [1.82, 2.24) is 9.80 Å². The monoisotopic (exact) mass is 246 g/mol. The number of piperidine rings is 1. The van der Waals surface area contributed by atoms with Crippen LogP contribution < -0.4 is 0 Å². The van der Waals surface area contributed by atoms with E-state index >= 15 is 0 Å². The molecule has 2 aliphatic rings. The molecule has 0 aromatic heterocycles. The molecule has 2 fully saturated rings. The summed E-state index contributed by atoms with van der Waals surface area (Å²) in [5.74, 6) is -3.62. The van der Waals surface area contributed by atoms with Crippen LogP contribution in [0.2, 0.25) is 0 Å². The van der Waals surface area contributed by atoms with Gasteiger partial charge in [-0.3, -0.25) is 4.79 Å².